The molecule has 3 atom stereocenters. The van der Waals surface area contributed by atoms with Crippen molar-refractivity contribution < 1.29 is 14.3 Å². The van der Waals surface area contributed by atoms with Crippen molar-refractivity contribution in [3.05, 3.63) is 28.7 Å². The number of carbonyl (C=O) groups is 1. The molecule has 0 heterocycles. The molecule has 0 aromatic heterocycles. The van der Waals surface area contributed by atoms with Gasteiger partial charge in [0.05, 0.1) is 0 Å². The normalized spacial score (nSPS) is 28.4. The first-order chi connectivity index (χ1) is 9.20. The number of hydrogen-bond acceptors (Lipinski definition) is 3. The fourth-order valence-electron chi connectivity index (χ4n) is 3.21. The van der Waals surface area contributed by atoms with Crippen molar-refractivity contribution in [2.75, 3.05) is 6.61 Å². The summed E-state index contributed by atoms with van der Waals surface area (Å²) in [4.78, 5) is 11.8. The minimum atomic E-state index is -0.250. The van der Waals surface area contributed by atoms with Crippen molar-refractivity contribution in [1.29, 1.82) is 0 Å². The van der Waals surface area contributed by atoms with Gasteiger partial charge in [-0.3, -0.25) is 0 Å². The largest absolute Gasteiger partial charge is 0.482 e. The smallest absolute Gasteiger partial charge is 0.344 e. The summed E-state index contributed by atoms with van der Waals surface area (Å²) in [5.74, 6) is 1.82. The van der Waals surface area contributed by atoms with Crippen LogP contribution in [0, 0.1) is 11.8 Å². The molecule has 0 spiro atoms. The van der Waals surface area contributed by atoms with Crippen LogP contribution in [0.4, 0.5) is 0 Å². The van der Waals surface area contributed by atoms with E-state index in [1.165, 1.54) is 19.3 Å². The lowest BCUT2D eigenvalue weighted by atomic mass is 9.98. The lowest BCUT2D eigenvalue weighted by Crippen LogP contribution is -2.27. The van der Waals surface area contributed by atoms with Crippen molar-refractivity contribution in [3.63, 3.8) is 0 Å². The molecule has 1 aromatic rings. The summed E-state index contributed by atoms with van der Waals surface area (Å²) in [6.07, 6.45) is 4.96. The van der Waals surface area contributed by atoms with Crippen LogP contribution < -0.4 is 4.74 Å². The molecular weight excluding hydrogens is 308 g/mol. The summed E-state index contributed by atoms with van der Waals surface area (Å²) < 4.78 is 11.9. The number of fused-ring (bicyclic) bond motifs is 2. The summed E-state index contributed by atoms with van der Waals surface area (Å²) >= 11 is 3.36. The molecule has 3 nitrogen and oxygen atoms in total. The summed E-state index contributed by atoms with van der Waals surface area (Å²) in [6, 6.07) is 7.43. The predicted molar refractivity (Wildman–Crippen MR) is 75.0 cm³/mol. The number of esters is 1. The molecule has 102 valence electrons. The summed E-state index contributed by atoms with van der Waals surface area (Å²) in [6.45, 7) is -0.00445. The van der Waals surface area contributed by atoms with Gasteiger partial charge in [-0.25, -0.2) is 4.79 Å². The van der Waals surface area contributed by atoms with Crippen LogP contribution in [-0.2, 0) is 9.53 Å². The number of rotatable bonds is 4. The fraction of sp³-hybridized carbons (Fsp3) is 0.533. The van der Waals surface area contributed by atoms with Crippen LogP contribution in [0.3, 0.4) is 0 Å². The third-order valence-electron chi connectivity index (χ3n) is 4.13. The van der Waals surface area contributed by atoms with E-state index in [1.807, 2.05) is 24.3 Å². The Morgan fingerprint density at radius 1 is 1.21 bits per heavy atom. The highest BCUT2D eigenvalue weighted by molar-refractivity contribution is 9.10. The molecule has 19 heavy (non-hydrogen) atoms. The second-order valence-corrected chi connectivity index (χ2v) is 6.36. The first-order valence-electron chi connectivity index (χ1n) is 6.78. The monoisotopic (exact) mass is 324 g/mol. The molecule has 0 N–H and O–H groups in total. The van der Waals surface area contributed by atoms with E-state index in [9.17, 15) is 4.79 Å². The summed E-state index contributed by atoms with van der Waals surface area (Å²) in [7, 11) is 0. The fourth-order valence-corrected chi connectivity index (χ4v) is 3.47. The molecule has 4 heteroatoms. The number of carbonyl (C=O) groups excluding carboxylic acids is 1. The highest BCUT2D eigenvalue weighted by Gasteiger charge is 2.41. The molecule has 2 aliphatic rings. The van der Waals surface area contributed by atoms with E-state index in [-0.39, 0.29) is 18.7 Å². The Morgan fingerprint density at radius 3 is 2.63 bits per heavy atom. The summed E-state index contributed by atoms with van der Waals surface area (Å²) in [5, 5.41) is 0. The molecule has 3 rings (SSSR count). The molecule has 0 radical (unpaired) electrons. The maximum atomic E-state index is 11.8. The minimum Gasteiger partial charge on any atom is -0.482 e. The highest BCUT2D eigenvalue weighted by Crippen LogP contribution is 2.45. The SMILES string of the molecule is O=C(COc1ccc(Br)cc1)OC1CC2CCC1C2. The van der Waals surface area contributed by atoms with Gasteiger partial charge in [0.15, 0.2) is 6.61 Å². The van der Waals surface area contributed by atoms with Crippen molar-refractivity contribution in [1.82, 2.24) is 0 Å². The van der Waals surface area contributed by atoms with Gasteiger partial charge in [0, 0.05) is 4.47 Å². The Balaban J connectivity index is 1.45. The number of halogens is 1. The third kappa shape index (κ3) is 3.11. The van der Waals surface area contributed by atoms with Crippen molar-refractivity contribution in [2.45, 2.75) is 31.8 Å². The number of ether oxygens (including phenoxy) is 2. The Hall–Kier alpha value is -1.03. The van der Waals surface area contributed by atoms with Gasteiger partial charge < -0.3 is 9.47 Å². The Bertz CT molecular complexity index is 457. The lowest BCUT2D eigenvalue weighted by Gasteiger charge is -2.21. The summed E-state index contributed by atoms with van der Waals surface area (Å²) in [5.41, 5.74) is 0. The first-order valence-corrected chi connectivity index (χ1v) is 7.58. The average molecular weight is 325 g/mol. The molecule has 2 saturated carbocycles. The van der Waals surface area contributed by atoms with Gasteiger partial charge in [-0.1, -0.05) is 15.9 Å². The van der Waals surface area contributed by atoms with Crippen LogP contribution in [0.1, 0.15) is 25.7 Å². The maximum Gasteiger partial charge on any atom is 0.344 e. The molecule has 2 fully saturated rings. The third-order valence-corrected chi connectivity index (χ3v) is 4.66. The molecule has 1 aromatic carbocycles. The highest BCUT2D eigenvalue weighted by atomic mass is 79.9. The Labute approximate surface area is 121 Å². The van der Waals surface area contributed by atoms with Gasteiger partial charge in [-0.05, 0) is 61.8 Å². The van der Waals surface area contributed by atoms with Gasteiger partial charge >= 0.3 is 5.97 Å². The van der Waals surface area contributed by atoms with Crippen molar-refractivity contribution in [2.24, 2.45) is 11.8 Å². The number of benzene rings is 1. The quantitative estimate of drug-likeness (QED) is 0.794. The molecule has 0 amide bonds. The molecule has 2 bridgehead atoms. The van der Waals surface area contributed by atoms with E-state index in [2.05, 4.69) is 15.9 Å². The van der Waals surface area contributed by atoms with E-state index in [4.69, 9.17) is 9.47 Å². The van der Waals surface area contributed by atoms with E-state index in [1.54, 1.807) is 0 Å². The standard InChI is InChI=1S/C15H17BrO3/c16-12-3-5-13(6-4-12)18-9-15(17)19-14-8-10-1-2-11(14)7-10/h3-6,10-11,14H,1-2,7-9H2. The molecule has 3 unspecified atom stereocenters. The second-order valence-electron chi connectivity index (χ2n) is 5.45. The molecular formula is C15H17BrO3. The Kier molecular flexibility index (Phi) is 3.78. The van der Waals surface area contributed by atoms with Crippen LogP contribution in [0.15, 0.2) is 28.7 Å². The second kappa shape index (κ2) is 5.53. The molecule has 0 aliphatic heterocycles. The van der Waals surface area contributed by atoms with Crippen LogP contribution in [-0.4, -0.2) is 18.7 Å². The molecule has 0 saturated heterocycles. The van der Waals surface area contributed by atoms with E-state index >= 15 is 0 Å². The van der Waals surface area contributed by atoms with Crippen molar-refractivity contribution in [3.8, 4) is 5.75 Å². The van der Waals surface area contributed by atoms with Gasteiger partial charge in [-0.2, -0.15) is 0 Å². The topological polar surface area (TPSA) is 35.5 Å². The van der Waals surface area contributed by atoms with E-state index in [0.717, 1.165) is 16.8 Å². The van der Waals surface area contributed by atoms with Gasteiger partial charge in [-0.15, -0.1) is 0 Å². The number of hydrogen-bond donors (Lipinski definition) is 0. The molecule has 2 aliphatic carbocycles. The van der Waals surface area contributed by atoms with Crippen molar-refractivity contribution >= 4 is 21.9 Å². The zero-order chi connectivity index (χ0) is 13.2. The minimum absolute atomic E-state index is 0.00445. The van der Waals surface area contributed by atoms with Crippen LogP contribution in [0.25, 0.3) is 0 Å². The van der Waals surface area contributed by atoms with Gasteiger partial charge in [0.1, 0.15) is 11.9 Å². The average Bonchev–Trinajstić information content (AvgIpc) is 3.00. The van der Waals surface area contributed by atoms with Crippen LogP contribution in [0.2, 0.25) is 0 Å². The van der Waals surface area contributed by atoms with Crippen LogP contribution in [0.5, 0.6) is 5.75 Å². The van der Waals surface area contributed by atoms with Crippen LogP contribution >= 0.6 is 15.9 Å². The maximum absolute atomic E-state index is 11.8. The zero-order valence-electron chi connectivity index (χ0n) is 10.7. The van der Waals surface area contributed by atoms with Gasteiger partial charge in [0.2, 0.25) is 0 Å². The van der Waals surface area contributed by atoms with Gasteiger partial charge in [0.25, 0.3) is 0 Å². The first kappa shape index (κ1) is 13.0. The van der Waals surface area contributed by atoms with E-state index in [0.29, 0.717) is 11.7 Å². The Morgan fingerprint density at radius 2 is 2.00 bits per heavy atom. The predicted octanol–water partition coefficient (Wildman–Crippen LogP) is 3.56. The lowest BCUT2D eigenvalue weighted by molar-refractivity contribution is -0.153. The zero-order valence-corrected chi connectivity index (χ0v) is 12.3. The van der Waals surface area contributed by atoms with E-state index < -0.39 is 0 Å².